The maximum absolute atomic E-state index is 10.8. The Morgan fingerprint density at radius 3 is 2.69 bits per heavy atom. The molecule has 4 nitrogen and oxygen atoms in total. The number of carbonyl (C=O) groups is 2. The fourth-order valence-electron chi connectivity index (χ4n) is 0.817. The van der Waals surface area contributed by atoms with Crippen molar-refractivity contribution in [2.45, 2.75) is 19.9 Å². The third-order valence-corrected chi connectivity index (χ3v) is 1.84. The number of pyridine rings is 1. The Kier molecular flexibility index (Phi) is 9.50. The Morgan fingerprint density at radius 2 is 2.25 bits per heavy atom. The molecule has 0 aliphatic carbocycles. The van der Waals surface area contributed by atoms with Gasteiger partial charge >= 0.3 is 0 Å². The minimum atomic E-state index is 0.0562. The first-order valence-electron chi connectivity index (χ1n) is 4.90. The van der Waals surface area contributed by atoms with Gasteiger partial charge in [0, 0.05) is 12.6 Å². The number of rotatable bonds is 4. The van der Waals surface area contributed by atoms with Gasteiger partial charge in [-0.25, -0.2) is 0 Å². The lowest BCUT2D eigenvalue weighted by molar-refractivity contribution is -0.120. The van der Waals surface area contributed by atoms with Crippen LogP contribution >= 0.6 is 15.9 Å². The summed E-state index contributed by atoms with van der Waals surface area (Å²) in [5, 5.41) is 3.20. The maximum atomic E-state index is 10.8. The molecule has 5 heteroatoms. The van der Waals surface area contributed by atoms with Crippen LogP contribution in [0.2, 0.25) is 0 Å². The van der Waals surface area contributed by atoms with E-state index in [1.54, 1.807) is 6.20 Å². The normalized spacial score (nSPS) is 8.62. The summed E-state index contributed by atoms with van der Waals surface area (Å²) in [5.74, 6) is 0.0562. The van der Waals surface area contributed by atoms with Crippen LogP contribution in [0.25, 0.3) is 0 Å². The maximum Gasteiger partial charge on any atom is 0.220 e. The number of nitrogens with one attached hydrogen (secondary N) is 1. The van der Waals surface area contributed by atoms with Gasteiger partial charge in [-0.1, -0.05) is 28.9 Å². The van der Waals surface area contributed by atoms with E-state index in [2.05, 4.69) is 26.2 Å². The number of alkyl halides is 1. The van der Waals surface area contributed by atoms with Crippen LogP contribution in [0, 0.1) is 0 Å². The van der Waals surface area contributed by atoms with Crippen molar-refractivity contribution in [2.24, 2.45) is 0 Å². The number of aldehydes is 1. The van der Waals surface area contributed by atoms with Gasteiger partial charge in [-0.15, -0.1) is 0 Å². The zero-order valence-corrected chi connectivity index (χ0v) is 10.7. The van der Waals surface area contributed by atoms with Gasteiger partial charge in [-0.3, -0.25) is 9.78 Å². The highest BCUT2D eigenvalue weighted by molar-refractivity contribution is 9.09. The van der Waals surface area contributed by atoms with Crippen LogP contribution in [0.4, 0.5) is 0 Å². The quantitative estimate of drug-likeness (QED) is 0.677. The van der Waals surface area contributed by atoms with Crippen molar-refractivity contribution in [3.8, 4) is 0 Å². The topological polar surface area (TPSA) is 59.1 Å². The average molecular weight is 287 g/mol. The minimum Gasteiger partial charge on any atom is -0.350 e. The highest BCUT2D eigenvalue weighted by Crippen LogP contribution is 1.91. The molecule has 0 saturated carbocycles. The first-order chi connectivity index (χ1) is 7.74. The zero-order valence-electron chi connectivity index (χ0n) is 9.15. The largest absolute Gasteiger partial charge is 0.350 e. The summed E-state index contributed by atoms with van der Waals surface area (Å²) in [6.45, 7) is 2.35. The first-order valence-corrected chi connectivity index (χ1v) is 6.03. The summed E-state index contributed by atoms with van der Waals surface area (Å²) >= 11 is 2.88. The molecule has 0 unspecified atom stereocenters. The van der Waals surface area contributed by atoms with E-state index in [1.807, 2.05) is 25.1 Å². The molecule has 1 aromatic rings. The number of hydrogen-bond acceptors (Lipinski definition) is 3. The van der Waals surface area contributed by atoms with Gasteiger partial charge in [-0.05, 0) is 12.1 Å². The Balaban J connectivity index is 0.000000487. The van der Waals surface area contributed by atoms with E-state index in [0.29, 0.717) is 18.3 Å². The smallest absolute Gasteiger partial charge is 0.220 e. The molecular formula is C11H15BrN2O2. The van der Waals surface area contributed by atoms with Crippen LogP contribution in [-0.2, 0) is 16.1 Å². The third-order valence-electron chi connectivity index (χ3n) is 1.58. The van der Waals surface area contributed by atoms with Gasteiger partial charge in [0.1, 0.15) is 6.29 Å². The van der Waals surface area contributed by atoms with Crippen molar-refractivity contribution in [2.75, 3.05) is 5.33 Å². The predicted octanol–water partition coefficient (Wildman–Crippen LogP) is 1.69. The molecule has 0 bridgehead atoms. The second kappa shape index (κ2) is 10.3. The van der Waals surface area contributed by atoms with E-state index in [0.717, 1.165) is 12.0 Å². The van der Waals surface area contributed by atoms with E-state index in [-0.39, 0.29) is 5.91 Å². The number of nitrogens with zero attached hydrogens (tertiary/aromatic N) is 1. The first kappa shape index (κ1) is 14.8. The SMILES string of the molecule is CCC(=O)NCc1ccccn1.O=CCBr. The molecule has 1 amide bonds. The summed E-state index contributed by atoms with van der Waals surface area (Å²) in [6.07, 6.45) is 3.03. The van der Waals surface area contributed by atoms with Gasteiger partial charge in [0.25, 0.3) is 0 Å². The van der Waals surface area contributed by atoms with E-state index >= 15 is 0 Å². The Bertz CT molecular complexity index is 304. The molecule has 0 atom stereocenters. The van der Waals surface area contributed by atoms with Crippen LogP contribution in [0.15, 0.2) is 24.4 Å². The number of halogens is 1. The molecule has 1 rings (SSSR count). The summed E-state index contributed by atoms with van der Waals surface area (Å²) in [5.41, 5.74) is 0.888. The van der Waals surface area contributed by atoms with E-state index in [9.17, 15) is 4.79 Å². The molecule has 16 heavy (non-hydrogen) atoms. The van der Waals surface area contributed by atoms with Gasteiger partial charge in [0.2, 0.25) is 5.91 Å². The summed E-state index contributed by atoms with van der Waals surface area (Å²) in [7, 11) is 0. The Labute approximate surface area is 104 Å². The molecule has 1 heterocycles. The lowest BCUT2D eigenvalue weighted by atomic mass is 10.3. The summed E-state index contributed by atoms with van der Waals surface area (Å²) in [6, 6.07) is 5.64. The molecule has 0 aliphatic heterocycles. The van der Waals surface area contributed by atoms with Gasteiger partial charge in [0.15, 0.2) is 0 Å². The van der Waals surface area contributed by atoms with Crippen molar-refractivity contribution < 1.29 is 9.59 Å². The van der Waals surface area contributed by atoms with Crippen LogP contribution in [0.1, 0.15) is 19.0 Å². The number of amides is 1. The molecule has 0 radical (unpaired) electrons. The fourth-order valence-corrected chi connectivity index (χ4v) is 0.817. The van der Waals surface area contributed by atoms with Crippen molar-refractivity contribution in [3.05, 3.63) is 30.1 Å². The number of carbonyl (C=O) groups excluding carboxylic acids is 2. The molecule has 88 valence electrons. The molecule has 1 N–H and O–H groups in total. The van der Waals surface area contributed by atoms with Gasteiger partial charge in [-0.2, -0.15) is 0 Å². The lowest BCUT2D eigenvalue weighted by Gasteiger charge is -2.01. The second-order valence-corrected chi connectivity index (χ2v) is 3.42. The highest BCUT2D eigenvalue weighted by Gasteiger charge is 1.96. The summed E-state index contributed by atoms with van der Waals surface area (Å²) < 4.78 is 0. The van der Waals surface area contributed by atoms with Crippen LogP contribution < -0.4 is 5.32 Å². The van der Waals surface area contributed by atoms with Crippen LogP contribution in [0.5, 0.6) is 0 Å². The van der Waals surface area contributed by atoms with Crippen molar-refractivity contribution in [1.82, 2.24) is 10.3 Å². The zero-order chi connectivity index (χ0) is 12.2. The van der Waals surface area contributed by atoms with E-state index in [1.165, 1.54) is 0 Å². The Hall–Kier alpha value is -1.23. The van der Waals surface area contributed by atoms with Gasteiger partial charge in [0.05, 0.1) is 17.6 Å². The molecule has 0 fully saturated rings. The molecular weight excluding hydrogens is 272 g/mol. The van der Waals surface area contributed by atoms with Crippen molar-refractivity contribution in [3.63, 3.8) is 0 Å². The lowest BCUT2D eigenvalue weighted by Crippen LogP contribution is -2.21. The van der Waals surface area contributed by atoms with Crippen molar-refractivity contribution in [1.29, 1.82) is 0 Å². The molecule has 0 aliphatic rings. The van der Waals surface area contributed by atoms with E-state index in [4.69, 9.17) is 4.79 Å². The van der Waals surface area contributed by atoms with Crippen molar-refractivity contribution >= 4 is 28.1 Å². The van der Waals surface area contributed by atoms with E-state index < -0.39 is 0 Å². The average Bonchev–Trinajstić information content (AvgIpc) is 2.37. The monoisotopic (exact) mass is 286 g/mol. The fraction of sp³-hybridized carbons (Fsp3) is 0.364. The molecule has 0 aromatic carbocycles. The highest BCUT2D eigenvalue weighted by atomic mass is 79.9. The van der Waals surface area contributed by atoms with Crippen LogP contribution in [-0.4, -0.2) is 22.5 Å². The Morgan fingerprint density at radius 1 is 1.56 bits per heavy atom. The third kappa shape index (κ3) is 8.11. The van der Waals surface area contributed by atoms with Crippen LogP contribution in [0.3, 0.4) is 0 Å². The predicted molar refractivity (Wildman–Crippen MR) is 66.2 cm³/mol. The molecule has 1 aromatic heterocycles. The summed E-state index contributed by atoms with van der Waals surface area (Å²) in [4.78, 5) is 24.0. The second-order valence-electron chi connectivity index (χ2n) is 2.77. The standard InChI is InChI=1S/C9H12N2O.C2H3BrO/c1-2-9(12)11-7-8-5-3-4-6-10-8;3-1-2-4/h3-6H,2,7H2,1H3,(H,11,12);2H,1H2. The number of hydrogen-bond donors (Lipinski definition) is 1. The molecule has 0 saturated heterocycles. The molecule has 0 spiro atoms. The minimum absolute atomic E-state index is 0.0562. The van der Waals surface area contributed by atoms with Gasteiger partial charge < -0.3 is 10.1 Å². The number of aromatic nitrogens is 1.